The van der Waals surface area contributed by atoms with Gasteiger partial charge in [-0.1, -0.05) is 0 Å². The molecule has 0 fully saturated rings. The van der Waals surface area contributed by atoms with E-state index in [1.165, 1.54) is 36.0 Å². The predicted molar refractivity (Wildman–Crippen MR) is 153 cm³/mol. The molecule has 162 valence electrons. The van der Waals surface area contributed by atoms with Gasteiger partial charge >= 0.3 is 215 Å². The summed E-state index contributed by atoms with van der Waals surface area (Å²) in [6.07, 6.45) is 2.52. The van der Waals surface area contributed by atoms with Crippen molar-refractivity contribution in [3.63, 3.8) is 0 Å². The average molecular weight is 762 g/mol. The Hall–Kier alpha value is -0.563. The Morgan fingerprint density at radius 2 is 0.594 bits per heavy atom. The summed E-state index contributed by atoms with van der Waals surface area (Å²) < 4.78 is 8.70. The standard InChI is InChI=1S/4C6H5.C4H8.2BrH.2Sn/c4*1-2-4-6-5-3-1;1-3-4-2;;;;/h4*1-5H;1-4H2;2*1H;;/q;;;;;;;2*+1/p-2. The predicted octanol–water partition coefficient (Wildman–Crippen LogP) is 6.08. The van der Waals surface area contributed by atoms with Crippen molar-refractivity contribution in [3.05, 3.63) is 121 Å². The number of unbranched alkanes of at least 4 members (excludes halogenated alkanes) is 1. The summed E-state index contributed by atoms with van der Waals surface area (Å²) in [6, 6.07) is 44.7. The quantitative estimate of drug-likeness (QED) is 0.144. The first kappa shape index (κ1) is 24.6. The molecule has 0 saturated carbocycles. The van der Waals surface area contributed by atoms with Crippen LogP contribution in [0.4, 0.5) is 0 Å². The number of hydrogen-bond donors (Lipinski definition) is 0. The van der Waals surface area contributed by atoms with E-state index in [-0.39, 0.29) is 0 Å². The van der Waals surface area contributed by atoms with Crippen molar-refractivity contribution >= 4 is 72.0 Å². The van der Waals surface area contributed by atoms with Gasteiger partial charge < -0.3 is 0 Å². The van der Waals surface area contributed by atoms with E-state index in [4.69, 9.17) is 0 Å². The van der Waals surface area contributed by atoms with Crippen LogP contribution in [-0.2, 0) is 0 Å². The van der Waals surface area contributed by atoms with Gasteiger partial charge in [0.1, 0.15) is 0 Å². The van der Waals surface area contributed by atoms with E-state index in [1.54, 1.807) is 0 Å². The second kappa shape index (κ2) is 11.7. The summed E-state index contributed by atoms with van der Waals surface area (Å²) in [5.41, 5.74) is 0. The fourth-order valence-electron chi connectivity index (χ4n) is 4.46. The van der Waals surface area contributed by atoms with Crippen molar-refractivity contribution in [2.45, 2.75) is 21.7 Å². The topological polar surface area (TPSA) is 0 Å². The fraction of sp³-hybridized carbons (Fsp3) is 0.143. The average Bonchev–Trinajstić information content (AvgIpc) is 2.88. The molecule has 4 rings (SSSR count). The SMILES string of the molecule is [Br][Sn]([CH2]CC[CH2][Sn]([Br])([c]1ccccc1)[c]1ccccc1)([c]1ccccc1)[c]1ccccc1. The molecule has 4 aromatic carbocycles. The summed E-state index contributed by atoms with van der Waals surface area (Å²) in [5, 5.41) is 0. The van der Waals surface area contributed by atoms with Gasteiger partial charge in [-0.25, -0.2) is 0 Å². The molecule has 4 aromatic rings. The molecule has 0 aromatic heterocycles. The first-order chi connectivity index (χ1) is 15.6. The third kappa shape index (κ3) is 5.73. The van der Waals surface area contributed by atoms with Gasteiger partial charge in [-0.15, -0.1) is 0 Å². The number of benzene rings is 4. The monoisotopic (exact) mass is 762 g/mol. The number of rotatable bonds is 9. The molecule has 4 heteroatoms. The molecule has 0 nitrogen and oxygen atoms in total. The van der Waals surface area contributed by atoms with Gasteiger partial charge in [0.15, 0.2) is 0 Å². The molecular weight excluding hydrogens is 734 g/mol. The molecule has 0 aliphatic carbocycles. The summed E-state index contributed by atoms with van der Waals surface area (Å²) in [6.45, 7) is 0. The summed E-state index contributed by atoms with van der Waals surface area (Å²) >= 11 is 3.08. The third-order valence-electron chi connectivity index (χ3n) is 6.22. The van der Waals surface area contributed by atoms with E-state index in [0.29, 0.717) is 0 Å². The maximum atomic E-state index is 4.39. The van der Waals surface area contributed by atoms with Crippen LogP contribution in [0.5, 0.6) is 0 Å². The van der Waals surface area contributed by atoms with Crippen molar-refractivity contribution in [1.82, 2.24) is 0 Å². The molecule has 0 heterocycles. The zero-order valence-corrected chi connectivity index (χ0v) is 27.0. The van der Waals surface area contributed by atoms with E-state index in [2.05, 4.69) is 147 Å². The Morgan fingerprint density at radius 1 is 0.375 bits per heavy atom. The maximum absolute atomic E-state index is 4.39. The van der Waals surface area contributed by atoms with Gasteiger partial charge in [0.25, 0.3) is 0 Å². The number of hydrogen-bond acceptors (Lipinski definition) is 0. The normalized spacial score (nSPS) is 11.9. The van der Waals surface area contributed by atoms with E-state index >= 15 is 0 Å². The van der Waals surface area contributed by atoms with Gasteiger partial charge in [0.05, 0.1) is 0 Å². The van der Waals surface area contributed by atoms with Crippen molar-refractivity contribution in [1.29, 1.82) is 0 Å². The third-order valence-corrected chi connectivity index (χ3v) is 44.0. The van der Waals surface area contributed by atoms with E-state index in [9.17, 15) is 0 Å². The van der Waals surface area contributed by atoms with Crippen LogP contribution in [0.15, 0.2) is 121 Å². The van der Waals surface area contributed by atoms with Crippen LogP contribution >= 0.6 is 25.4 Å². The molecule has 0 bridgehead atoms. The Bertz CT molecular complexity index is 917. The van der Waals surface area contributed by atoms with E-state index < -0.39 is 32.3 Å². The molecule has 0 spiro atoms. The van der Waals surface area contributed by atoms with Crippen molar-refractivity contribution in [2.75, 3.05) is 0 Å². The molecule has 0 amide bonds. The van der Waals surface area contributed by atoms with Crippen molar-refractivity contribution in [2.24, 2.45) is 0 Å². The summed E-state index contributed by atoms with van der Waals surface area (Å²) in [5.74, 6) is 0. The van der Waals surface area contributed by atoms with E-state index in [0.717, 1.165) is 0 Å². The van der Waals surface area contributed by atoms with Crippen LogP contribution < -0.4 is 14.3 Å². The van der Waals surface area contributed by atoms with Crippen molar-refractivity contribution in [3.8, 4) is 0 Å². The Kier molecular flexibility index (Phi) is 9.00. The Labute approximate surface area is 212 Å². The van der Waals surface area contributed by atoms with E-state index in [1.807, 2.05) is 0 Å². The number of halogens is 2. The molecule has 32 heavy (non-hydrogen) atoms. The van der Waals surface area contributed by atoms with Crippen LogP contribution in [-0.4, -0.2) is 32.3 Å². The minimum atomic E-state index is -2.85. The van der Waals surface area contributed by atoms with Gasteiger partial charge in [0.2, 0.25) is 0 Å². The summed E-state index contributed by atoms with van der Waals surface area (Å²) in [4.78, 5) is 0. The zero-order valence-electron chi connectivity index (χ0n) is 18.1. The Balaban J connectivity index is 1.54. The van der Waals surface area contributed by atoms with Crippen LogP contribution in [0.25, 0.3) is 0 Å². The molecule has 0 aliphatic rings. The van der Waals surface area contributed by atoms with Gasteiger partial charge in [-0.05, 0) is 0 Å². The van der Waals surface area contributed by atoms with Crippen molar-refractivity contribution < 1.29 is 0 Å². The second-order valence-corrected chi connectivity index (χ2v) is 45.0. The van der Waals surface area contributed by atoms with Crippen LogP contribution in [0, 0.1) is 0 Å². The molecule has 0 saturated heterocycles. The Morgan fingerprint density at radius 3 is 0.812 bits per heavy atom. The molecule has 0 radical (unpaired) electrons. The molecule has 0 atom stereocenters. The zero-order chi connectivity index (χ0) is 22.3. The van der Waals surface area contributed by atoms with Gasteiger partial charge in [-0.2, -0.15) is 0 Å². The molecule has 0 aliphatic heterocycles. The van der Waals surface area contributed by atoms with Crippen LogP contribution in [0.1, 0.15) is 12.8 Å². The minimum absolute atomic E-state index is 1.26. The molecule has 0 N–H and O–H groups in total. The molecular formula is C28H28Br2Sn2. The van der Waals surface area contributed by atoms with Gasteiger partial charge in [-0.3, -0.25) is 0 Å². The summed E-state index contributed by atoms with van der Waals surface area (Å²) in [7, 11) is 0. The molecule has 0 unspecified atom stereocenters. The van der Waals surface area contributed by atoms with Crippen LogP contribution in [0.3, 0.4) is 0 Å². The first-order valence-electron chi connectivity index (χ1n) is 11.2. The fourth-order valence-corrected chi connectivity index (χ4v) is 32.9. The first-order valence-corrected chi connectivity index (χ1v) is 33.8. The van der Waals surface area contributed by atoms with Gasteiger partial charge in [0, 0.05) is 0 Å². The second-order valence-electron chi connectivity index (χ2n) is 8.27. The van der Waals surface area contributed by atoms with Crippen LogP contribution in [0.2, 0.25) is 8.87 Å².